The number of hydrogen-bond donors (Lipinski definition) is 2. The third kappa shape index (κ3) is 8.39. The van der Waals surface area contributed by atoms with Crippen LogP contribution in [0.15, 0.2) is 0 Å². The Morgan fingerprint density at radius 1 is 1.33 bits per heavy atom. The van der Waals surface area contributed by atoms with Crippen LogP contribution >= 0.6 is 12.6 Å². The number of thiol groups is 1. The van der Waals surface area contributed by atoms with E-state index in [0.717, 1.165) is 12.8 Å². The van der Waals surface area contributed by atoms with Crippen LogP contribution in [0.2, 0.25) is 0 Å². The summed E-state index contributed by atoms with van der Waals surface area (Å²) in [5, 5.41) is 7.72. The van der Waals surface area contributed by atoms with E-state index in [4.69, 9.17) is 9.84 Å². The highest BCUT2D eigenvalue weighted by molar-refractivity contribution is 7.80. The van der Waals surface area contributed by atoms with Crippen LogP contribution in [-0.4, -0.2) is 28.9 Å². The van der Waals surface area contributed by atoms with Gasteiger partial charge in [0.15, 0.2) is 0 Å². The van der Waals surface area contributed by atoms with Crippen molar-refractivity contribution >= 4 is 24.6 Å². The second-order valence-corrected chi connectivity index (χ2v) is 4.89. The normalized spacial score (nSPS) is 17.3. The molecule has 5 heteroatoms. The number of esters is 1. The molecule has 0 radical (unpaired) electrons. The van der Waals surface area contributed by atoms with Crippen molar-refractivity contribution in [3.63, 3.8) is 0 Å². The molecule has 106 valence electrons. The van der Waals surface area contributed by atoms with E-state index in [2.05, 4.69) is 12.6 Å². The molecular formula is C13H24O4S. The predicted molar refractivity (Wildman–Crippen MR) is 73.9 cm³/mol. The molecule has 4 nitrogen and oxygen atoms in total. The number of aliphatic carboxylic acids is 1. The zero-order chi connectivity index (χ0) is 14.0. The lowest BCUT2D eigenvalue weighted by molar-refractivity contribution is -0.154. The van der Waals surface area contributed by atoms with Crippen molar-refractivity contribution in [1.82, 2.24) is 0 Å². The highest BCUT2D eigenvalue weighted by atomic mass is 32.1. The van der Waals surface area contributed by atoms with E-state index in [-0.39, 0.29) is 24.4 Å². The first kappa shape index (κ1) is 17.3. The van der Waals surface area contributed by atoms with E-state index in [0.29, 0.717) is 5.75 Å². The molecule has 0 aromatic carbocycles. The molecule has 1 aliphatic rings. The molecule has 18 heavy (non-hydrogen) atoms. The van der Waals surface area contributed by atoms with Crippen molar-refractivity contribution in [3.8, 4) is 0 Å². The molecule has 1 N–H and O–H groups in total. The van der Waals surface area contributed by atoms with Gasteiger partial charge in [0.25, 0.3) is 0 Å². The van der Waals surface area contributed by atoms with Crippen LogP contribution in [0.4, 0.5) is 0 Å². The highest BCUT2D eigenvalue weighted by Crippen LogP contribution is 2.21. The zero-order valence-corrected chi connectivity index (χ0v) is 12.1. The summed E-state index contributed by atoms with van der Waals surface area (Å²) in [5.74, 6) is -0.317. The Kier molecular flexibility index (Phi) is 9.83. The Hall–Kier alpha value is -0.710. The minimum atomic E-state index is -0.745. The molecule has 1 aliphatic carbocycles. The van der Waals surface area contributed by atoms with Crippen LogP contribution in [0, 0.1) is 5.92 Å². The Labute approximate surface area is 115 Å². The molecule has 1 fully saturated rings. The average molecular weight is 276 g/mol. The summed E-state index contributed by atoms with van der Waals surface area (Å²) >= 11 is 4.07. The molecule has 0 spiro atoms. The summed E-state index contributed by atoms with van der Waals surface area (Å²) in [4.78, 5) is 20.7. The summed E-state index contributed by atoms with van der Waals surface area (Å²) in [6.07, 6.45) is 6.19. The summed E-state index contributed by atoms with van der Waals surface area (Å²) < 4.78 is 5.36. The van der Waals surface area contributed by atoms with Gasteiger partial charge >= 0.3 is 11.9 Å². The van der Waals surface area contributed by atoms with Gasteiger partial charge < -0.3 is 9.84 Å². The van der Waals surface area contributed by atoms with Gasteiger partial charge in [-0.25, -0.2) is 0 Å². The number of rotatable bonds is 4. The molecule has 1 rings (SSSR count). The van der Waals surface area contributed by atoms with Gasteiger partial charge in [-0.3, -0.25) is 9.59 Å². The van der Waals surface area contributed by atoms with Gasteiger partial charge in [-0.15, -0.1) is 0 Å². The minimum absolute atomic E-state index is 0.0646. The Balaban J connectivity index is 0.000000494. The van der Waals surface area contributed by atoms with E-state index in [9.17, 15) is 9.59 Å². The lowest BCUT2D eigenvalue weighted by atomic mass is 9.98. The van der Waals surface area contributed by atoms with E-state index in [1.54, 1.807) is 6.92 Å². The van der Waals surface area contributed by atoms with Crippen LogP contribution in [0.1, 0.15) is 52.4 Å². The van der Waals surface area contributed by atoms with Gasteiger partial charge in [0, 0.05) is 12.2 Å². The van der Waals surface area contributed by atoms with Gasteiger partial charge in [-0.1, -0.05) is 20.3 Å². The predicted octanol–water partition coefficient (Wildman–Crippen LogP) is 2.91. The van der Waals surface area contributed by atoms with Gasteiger partial charge in [-0.2, -0.15) is 12.6 Å². The first-order chi connectivity index (χ1) is 8.51. The van der Waals surface area contributed by atoms with Crippen molar-refractivity contribution in [1.29, 1.82) is 0 Å². The minimum Gasteiger partial charge on any atom is -0.481 e. The molecule has 1 saturated carbocycles. The van der Waals surface area contributed by atoms with E-state index < -0.39 is 5.97 Å². The Morgan fingerprint density at radius 2 is 1.83 bits per heavy atom. The lowest BCUT2D eigenvalue weighted by Gasteiger charge is -2.23. The number of carboxylic acid groups (broad SMARTS) is 1. The average Bonchev–Trinajstić information content (AvgIpc) is 2.39. The third-order valence-electron chi connectivity index (χ3n) is 2.81. The molecule has 0 heterocycles. The number of hydrogen-bond acceptors (Lipinski definition) is 4. The fourth-order valence-electron chi connectivity index (χ4n) is 1.54. The fraction of sp³-hybridized carbons (Fsp3) is 0.846. The van der Waals surface area contributed by atoms with Crippen molar-refractivity contribution in [3.05, 3.63) is 0 Å². The summed E-state index contributed by atoms with van der Waals surface area (Å²) in [6.45, 7) is 3.46. The van der Waals surface area contributed by atoms with Crippen LogP contribution < -0.4 is 0 Å². The maximum atomic E-state index is 11.4. The number of ether oxygens (including phenoxy) is 1. The maximum Gasteiger partial charge on any atom is 0.309 e. The van der Waals surface area contributed by atoms with Crippen molar-refractivity contribution in [2.24, 2.45) is 5.92 Å². The Bertz CT molecular complexity index is 249. The van der Waals surface area contributed by atoms with E-state index >= 15 is 0 Å². The van der Waals surface area contributed by atoms with Gasteiger partial charge in [0.1, 0.15) is 6.10 Å². The van der Waals surface area contributed by atoms with E-state index in [1.807, 2.05) is 6.92 Å². The smallest absolute Gasteiger partial charge is 0.309 e. The lowest BCUT2D eigenvalue weighted by Crippen LogP contribution is -2.25. The molecule has 0 aromatic rings. The highest BCUT2D eigenvalue weighted by Gasteiger charge is 2.20. The summed E-state index contributed by atoms with van der Waals surface area (Å²) in [5.41, 5.74) is 0. The number of carbonyl (C=O) groups is 2. The molecule has 0 bridgehead atoms. The number of carboxylic acids is 1. The van der Waals surface area contributed by atoms with Crippen molar-refractivity contribution in [2.75, 3.05) is 5.75 Å². The second kappa shape index (κ2) is 10.2. The van der Waals surface area contributed by atoms with E-state index in [1.165, 1.54) is 19.3 Å². The molecule has 0 amide bonds. The molecule has 0 aliphatic heterocycles. The summed E-state index contributed by atoms with van der Waals surface area (Å²) in [7, 11) is 0. The van der Waals surface area contributed by atoms with Crippen molar-refractivity contribution < 1.29 is 19.4 Å². The van der Waals surface area contributed by atoms with Crippen LogP contribution in [0.25, 0.3) is 0 Å². The molecule has 0 unspecified atom stereocenters. The van der Waals surface area contributed by atoms with Crippen LogP contribution in [0.5, 0.6) is 0 Å². The monoisotopic (exact) mass is 276 g/mol. The topological polar surface area (TPSA) is 63.6 Å². The molecule has 0 aromatic heterocycles. The second-order valence-electron chi connectivity index (χ2n) is 4.53. The standard InChI is InChI=1S/C10H18O2S.C3H6O2/c1-8(7-13)10(11)12-9-5-3-2-4-6-9;1-2-3(4)5/h8-9,13H,2-7H2,1H3;2H2,1H3,(H,4,5)/t8-;/m1./s1. The zero-order valence-electron chi connectivity index (χ0n) is 11.2. The molecule has 0 saturated heterocycles. The van der Waals surface area contributed by atoms with Crippen LogP contribution in [-0.2, 0) is 14.3 Å². The largest absolute Gasteiger partial charge is 0.481 e. The first-order valence-electron chi connectivity index (χ1n) is 6.54. The van der Waals surface area contributed by atoms with Gasteiger partial charge in [-0.05, 0) is 25.7 Å². The van der Waals surface area contributed by atoms with Crippen molar-refractivity contribution in [2.45, 2.75) is 58.5 Å². The first-order valence-corrected chi connectivity index (χ1v) is 7.17. The summed E-state index contributed by atoms with van der Waals surface area (Å²) in [6, 6.07) is 0. The molecular weight excluding hydrogens is 252 g/mol. The van der Waals surface area contributed by atoms with Gasteiger partial charge in [0.05, 0.1) is 5.92 Å². The van der Waals surface area contributed by atoms with Crippen LogP contribution in [0.3, 0.4) is 0 Å². The third-order valence-corrected chi connectivity index (χ3v) is 3.36. The van der Waals surface area contributed by atoms with Gasteiger partial charge in [0.2, 0.25) is 0 Å². The quantitative estimate of drug-likeness (QED) is 0.612. The maximum absolute atomic E-state index is 11.4. The Morgan fingerprint density at radius 3 is 2.22 bits per heavy atom. The fourth-order valence-corrected chi connectivity index (χ4v) is 1.69. The molecule has 1 atom stereocenters. The number of carbonyl (C=O) groups excluding carboxylic acids is 1. The SMILES string of the molecule is CCC(=O)O.C[C@H](CS)C(=O)OC1CCCCC1.